The van der Waals surface area contributed by atoms with Crippen LogP contribution in [0.5, 0.6) is 0 Å². The largest absolute Gasteiger partial charge is 0.301 e. The van der Waals surface area contributed by atoms with Crippen LogP contribution >= 0.6 is 23.1 Å². The highest BCUT2D eigenvalue weighted by Gasteiger charge is 2.24. The maximum atomic E-state index is 13.8. The van der Waals surface area contributed by atoms with Gasteiger partial charge in [-0.25, -0.2) is 4.98 Å². The number of fused-ring (bicyclic) bond motifs is 3. The molecular weight excluding hydrogens is 422 g/mol. The van der Waals surface area contributed by atoms with E-state index in [4.69, 9.17) is 4.98 Å². The number of para-hydroxylation sites is 1. The predicted octanol–water partition coefficient (Wildman–Crippen LogP) is 5.34. The molecule has 5 rings (SSSR count). The van der Waals surface area contributed by atoms with Crippen molar-refractivity contribution in [2.75, 3.05) is 13.6 Å². The van der Waals surface area contributed by atoms with Crippen LogP contribution in [0.2, 0.25) is 0 Å². The number of thiophene rings is 1. The minimum absolute atomic E-state index is 0.0568. The molecule has 6 heteroatoms. The summed E-state index contributed by atoms with van der Waals surface area (Å²) in [6.07, 6.45) is 0.909. The lowest BCUT2D eigenvalue weighted by Gasteiger charge is -2.21. The van der Waals surface area contributed by atoms with Gasteiger partial charge in [-0.15, -0.1) is 11.3 Å². The van der Waals surface area contributed by atoms with Crippen molar-refractivity contribution in [1.29, 1.82) is 0 Å². The molecule has 0 N–H and O–H groups in total. The van der Waals surface area contributed by atoms with Crippen molar-refractivity contribution >= 4 is 33.3 Å². The summed E-state index contributed by atoms with van der Waals surface area (Å²) in [7, 11) is 2.13. The van der Waals surface area contributed by atoms with Gasteiger partial charge in [0, 0.05) is 23.7 Å². The van der Waals surface area contributed by atoms with Crippen molar-refractivity contribution in [3.8, 4) is 5.69 Å². The van der Waals surface area contributed by atoms with Crippen LogP contribution in [0.4, 0.5) is 0 Å². The first kappa shape index (κ1) is 20.5. The second kappa shape index (κ2) is 8.26. The van der Waals surface area contributed by atoms with Crippen LogP contribution in [0, 0.1) is 13.8 Å². The summed E-state index contributed by atoms with van der Waals surface area (Å²) < 4.78 is 1.81. The van der Waals surface area contributed by atoms with E-state index < -0.39 is 0 Å². The highest BCUT2D eigenvalue weighted by molar-refractivity contribution is 7.98. The van der Waals surface area contributed by atoms with Gasteiger partial charge in [-0.1, -0.05) is 53.7 Å². The van der Waals surface area contributed by atoms with Crippen LogP contribution in [-0.4, -0.2) is 28.0 Å². The molecule has 0 radical (unpaired) electrons. The number of hydrogen-bond acceptors (Lipinski definition) is 5. The zero-order valence-electron chi connectivity index (χ0n) is 18.0. The fourth-order valence-corrected chi connectivity index (χ4v) is 6.63. The van der Waals surface area contributed by atoms with E-state index in [1.165, 1.54) is 27.1 Å². The Bertz CT molecular complexity index is 1320. The van der Waals surface area contributed by atoms with Crippen molar-refractivity contribution in [3.05, 3.63) is 86.0 Å². The van der Waals surface area contributed by atoms with Gasteiger partial charge < -0.3 is 4.90 Å². The average Bonchev–Trinajstić information content (AvgIpc) is 3.11. The lowest BCUT2D eigenvalue weighted by molar-refractivity contribution is 0.318. The quantitative estimate of drug-likeness (QED) is 0.312. The highest BCUT2D eigenvalue weighted by atomic mass is 32.2. The van der Waals surface area contributed by atoms with Crippen molar-refractivity contribution in [1.82, 2.24) is 14.5 Å². The third kappa shape index (κ3) is 3.84. The number of hydrogen-bond donors (Lipinski definition) is 0. The minimum atomic E-state index is 0.0568. The van der Waals surface area contributed by atoms with E-state index >= 15 is 0 Å². The Labute approximate surface area is 190 Å². The summed E-state index contributed by atoms with van der Waals surface area (Å²) >= 11 is 3.32. The SMILES string of the molecule is Cc1ccc(CSc2nc3sc4c(c3c(=O)n2-c2ccccc2)CCN(C)C4)c(C)c1. The molecule has 1 aliphatic heterocycles. The fourth-order valence-electron chi connectivity index (χ4n) is 4.20. The van der Waals surface area contributed by atoms with Crippen molar-refractivity contribution in [2.45, 2.75) is 37.7 Å². The summed E-state index contributed by atoms with van der Waals surface area (Å²) in [5.74, 6) is 0.782. The van der Waals surface area contributed by atoms with Gasteiger partial charge in [-0.2, -0.15) is 0 Å². The maximum Gasteiger partial charge on any atom is 0.267 e. The number of nitrogens with zero attached hydrogens (tertiary/aromatic N) is 3. The van der Waals surface area contributed by atoms with E-state index in [-0.39, 0.29) is 5.56 Å². The zero-order valence-corrected chi connectivity index (χ0v) is 19.6. The van der Waals surface area contributed by atoms with Crippen LogP contribution in [-0.2, 0) is 18.7 Å². The zero-order chi connectivity index (χ0) is 21.5. The Morgan fingerprint density at radius 2 is 1.94 bits per heavy atom. The lowest BCUT2D eigenvalue weighted by atomic mass is 10.1. The molecule has 3 heterocycles. The van der Waals surface area contributed by atoms with Gasteiger partial charge in [0.2, 0.25) is 0 Å². The van der Waals surface area contributed by atoms with Crippen LogP contribution in [0.25, 0.3) is 15.9 Å². The van der Waals surface area contributed by atoms with E-state index in [0.717, 1.165) is 46.3 Å². The van der Waals surface area contributed by atoms with E-state index in [2.05, 4.69) is 44.0 Å². The number of aromatic nitrogens is 2. The topological polar surface area (TPSA) is 38.1 Å². The molecule has 0 amide bonds. The fraction of sp³-hybridized carbons (Fsp3) is 0.280. The first-order valence-electron chi connectivity index (χ1n) is 10.5. The third-order valence-corrected chi connectivity index (χ3v) is 8.00. The molecule has 4 nitrogen and oxygen atoms in total. The van der Waals surface area contributed by atoms with Gasteiger partial charge in [-0.3, -0.25) is 9.36 Å². The lowest BCUT2D eigenvalue weighted by Crippen LogP contribution is -2.27. The molecule has 1 aliphatic rings. The summed E-state index contributed by atoms with van der Waals surface area (Å²) in [6, 6.07) is 16.4. The molecule has 2 aromatic heterocycles. The Hall–Kier alpha value is -2.41. The molecule has 0 unspecified atom stereocenters. The summed E-state index contributed by atoms with van der Waals surface area (Å²) in [4.78, 5) is 23.3. The molecule has 0 atom stereocenters. The Kier molecular flexibility index (Phi) is 5.46. The van der Waals surface area contributed by atoms with Crippen molar-refractivity contribution < 1.29 is 0 Å². The number of rotatable bonds is 4. The maximum absolute atomic E-state index is 13.8. The van der Waals surface area contributed by atoms with Gasteiger partial charge in [0.15, 0.2) is 5.16 Å². The molecule has 0 bridgehead atoms. The molecule has 0 aliphatic carbocycles. The molecule has 31 heavy (non-hydrogen) atoms. The molecule has 0 saturated heterocycles. The molecule has 158 valence electrons. The van der Waals surface area contributed by atoms with Gasteiger partial charge in [-0.05, 0) is 56.1 Å². The highest BCUT2D eigenvalue weighted by Crippen LogP contribution is 2.34. The van der Waals surface area contributed by atoms with Gasteiger partial charge in [0.25, 0.3) is 5.56 Å². The molecule has 0 saturated carbocycles. The Morgan fingerprint density at radius 1 is 1.13 bits per heavy atom. The van der Waals surface area contributed by atoms with Gasteiger partial charge in [0.05, 0.1) is 11.1 Å². The number of thioether (sulfide) groups is 1. The van der Waals surface area contributed by atoms with E-state index in [0.29, 0.717) is 0 Å². The van der Waals surface area contributed by atoms with E-state index in [1.54, 1.807) is 23.1 Å². The predicted molar refractivity (Wildman–Crippen MR) is 131 cm³/mol. The molecule has 0 spiro atoms. The Balaban J connectivity index is 1.64. The summed E-state index contributed by atoms with van der Waals surface area (Å²) in [5, 5.41) is 1.57. The molecule has 0 fully saturated rings. The number of benzene rings is 2. The van der Waals surface area contributed by atoms with Gasteiger partial charge >= 0.3 is 0 Å². The summed E-state index contributed by atoms with van der Waals surface area (Å²) in [5.41, 5.74) is 5.94. The number of aryl methyl sites for hydroxylation is 2. The van der Waals surface area contributed by atoms with E-state index in [9.17, 15) is 4.79 Å². The van der Waals surface area contributed by atoms with Crippen molar-refractivity contribution in [2.24, 2.45) is 0 Å². The molecule has 4 aromatic rings. The monoisotopic (exact) mass is 447 g/mol. The van der Waals surface area contributed by atoms with Crippen LogP contribution < -0.4 is 5.56 Å². The van der Waals surface area contributed by atoms with Crippen molar-refractivity contribution in [3.63, 3.8) is 0 Å². The summed E-state index contributed by atoms with van der Waals surface area (Å²) in [6.45, 7) is 6.13. The third-order valence-electron chi connectivity index (χ3n) is 5.90. The normalized spacial score (nSPS) is 14.2. The standard InChI is InChI=1S/C25H25N3OS2/c1-16-9-10-18(17(2)13-16)15-30-25-26-23-22(20-11-12-27(3)14-21(20)31-23)24(29)28(25)19-7-5-4-6-8-19/h4-10,13H,11-12,14-15H2,1-3H3. The second-order valence-corrected chi connectivity index (χ2v) is 10.3. The van der Waals surface area contributed by atoms with E-state index in [1.807, 2.05) is 34.9 Å². The van der Waals surface area contributed by atoms with Crippen LogP contribution in [0.3, 0.4) is 0 Å². The average molecular weight is 448 g/mol. The van der Waals surface area contributed by atoms with Gasteiger partial charge in [0.1, 0.15) is 4.83 Å². The molecular formula is C25H25N3OS2. The second-order valence-electron chi connectivity index (χ2n) is 8.26. The molecule has 2 aromatic carbocycles. The smallest absolute Gasteiger partial charge is 0.267 e. The Morgan fingerprint density at radius 3 is 2.71 bits per heavy atom. The minimum Gasteiger partial charge on any atom is -0.301 e. The number of likely N-dealkylation sites (N-methyl/N-ethyl adjacent to an activating group) is 1. The van der Waals surface area contributed by atoms with Crippen LogP contribution in [0.1, 0.15) is 27.1 Å². The first-order valence-corrected chi connectivity index (χ1v) is 12.3. The first-order chi connectivity index (χ1) is 15.0. The van der Waals surface area contributed by atoms with Crippen LogP contribution in [0.15, 0.2) is 58.5 Å².